The van der Waals surface area contributed by atoms with Gasteiger partial charge in [0.05, 0.1) is 24.7 Å². The van der Waals surface area contributed by atoms with Gasteiger partial charge in [-0.3, -0.25) is 5.41 Å². The van der Waals surface area contributed by atoms with Crippen LogP contribution in [0.25, 0.3) is 11.0 Å². The number of nitrogens with zero attached hydrogens (tertiary/aromatic N) is 2. The SMILES string of the molecule is Br.COc1ccccc1OCCn1c(=N)n(CC(C)C)c2ccccc21. The standard InChI is InChI=1S/C20H25N3O2.BrH/c1-15(2)14-23-17-9-5-4-8-16(17)22(20(23)21)12-13-25-19-11-7-6-10-18(19)24-3;/h4-11,15,21H,12-14H2,1-3H3;1H. The van der Waals surface area contributed by atoms with Gasteiger partial charge in [0, 0.05) is 6.54 Å². The molecule has 1 aromatic heterocycles. The Balaban J connectivity index is 0.00000243. The van der Waals surface area contributed by atoms with Gasteiger partial charge in [0.2, 0.25) is 5.62 Å². The number of ether oxygens (including phenoxy) is 2. The molecule has 140 valence electrons. The van der Waals surface area contributed by atoms with Crippen molar-refractivity contribution in [2.24, 2.45) is 5.92 Å². The molecule has 1 heterocycles. The first-order chi connectivity index (χ1) is 12.1. The summed E-state index contributed by atoms with van der Waals surface area (Å²) >= 11 is 0. The van der Waals surface area contributed by atoms with E-state index in [0.29, 0.717) is 24.7 Å². The van der Waals surface area contributed by atoms with Crippen molar-refractivity contribution >= 4 is 28.0 Å². The summed E-state index contributed by atoms with van der Waals surface area (Å²) in [7, 11) is 1.64. The number of para-hydroxylation sites is 4. The first-order valence-electron chi connectivity index (χ1n) is 8.60. The quantitative estimate of drug-likeness (QED) is 0.622. The molecule has 0 atom stereocenters. The Bertz CT molecular complexity index is 915. The second kappa shape index (κ2) is 8.94. The van der Waals surface area contributed by atoms with Crippen LogP contribution in [0.1, 0.15) is 13.8 Å². The van der Waals surface area contributed by atoms with Crippen molar-refractivity contribution in [1.82, 2.24) is 9.13 Å². The molecule has 1 N–H and O–H groups in total. The number of halogens is 1. The van der Waals surface area contributed by atoms with Crippen molar-refractivity contribution in [2.75, 3.05) is 13.7 Å². The number of fused-ring (bicyclic) bond motifs is 1. The topological polar surface area (TPSA) is 52.2 Å². The van der Waals surface area contributed by atoms with Crippen LogP contribution in [0.2, 0.25) is 0 Å². The number of rotatable bonds is 7. The molecule has 3 aromatic rings. The van der Waals surface area contributed by atoms with Gasteiger partial charge < -0.3 is 18.6 Å². The molecule has 0 radical (unpaired) electrons. The van der Waals surface area contributed by atoms with Crippen molar-refractivity contribution in [1.29, 1.82) is 5.41 Å². The average molecular weight is 420 g/mol. The van der Waals surface area contributed by atoms with E-state index in [0.717, 1.165) is 29.1 Å². The van der Waals surface area contributed by atoms with Gasteiger partial charge in [-0.15, -0.1) is 17.0 Å². The lowest BCUT2D eigenvalue weighted by Gasteiger charge is -2.11. The Morgan fingerprint density at radius 1 is 0.923 bits per heavy atom. The van der Waals surface area contributed by atoms with Gasteiger partial charge in [-0.1, -0.05) is 38.1 Å². The van der Waals surface area contributed by atoms with Crippen LogP contribution in [0.3, 0.4) is 0 Å². The maximum absolute atomic E-state index is 8.58. The van der Waals surface area contributed by atoms with Crippen LogP contribution >= 0.6 is 17.0 Å². The first-order valence-corrected chi connectivity index (χ1v) is 8.60. The fourth-order valence-electron chi connectivity index (χ4n) is 3.06. The summed E-state index contributed by atoms with van der Waals surface area (Å²) in [6.07, 6.45) is 0. The van der Waals surface area contributed by atoms with Gasteiger partial charge in [0.15, 0.2) is 11.5 Å². The summed E-state index contributed by atoms with van der Waals surface area (Å²) in [5, 5.41) is 8.58. The average Bonchev–Trinajstić information content (AvgIpc) is 2.87. The molecule has 0 saturated carbocycles. The van der Waals surface area contributed by atoms with Gasteiger partial charge in [0.1, 0.15) is 6.61 Å². The van der Waals surface area contributed by atoms with E-state index >= 15 is 0 Å². The van der Waals surface area contributed by atoms with Gasteiger partial charge in [-0.2, -0.15) is 0 Å². The van der Waals surface area contributed by atoms with Crippen LogP contribution < -0.4 is 15.1 Å². The summed E-state index contributed by atoms with van der Waals surface area (Å²) in [6, 6.07) is 15.8. The molecular formula is C20H26BrN3O2. The molecule has 0 aliphatic heterocycles. The molecule has 0 aliphatic carbocycles. The van der Waals surface area contributed by atoms with Gasteiger partial charge in [-0.05, 0) is 30.2 Å². The van der Waals surface area contributed by atoms with E-state index in [2.05, 4.69) is 30.5 Å². The summed E-state index contributed by atoms with van der Waals surface area (Å²) in [4.78, 5) is 0. The van der Waals surface area contributed by atoms with Crippen LogP contribution in [-0.2, 0) is 13.1 Å². The highest BCUT2D eigenvalue weighted by atomic mass is 79.9. The number of imidazole rings is 1. The highest BCUT2D eigenvalue weighted by Gasteiger charge is 2.11. The Morgan fingerprint density at radius 2 is 1.50 bits per heavy atom. The van der Waals surface area contributed by atoms with Crippen LogP contribution in [0, 0.1) is 11.3 Å². The number of methoxy groups -OCH3 is 1. The van der Waals surface area contributed by atoms with Crippen LogP contribution in [0.5, 0.6) is 11.5 Å². The van der Waals surface area contributed by atoms with E-state index in [9.17, 15) is 0 Å². The molecule has 0 unspecified atom stereocenters. The Morgan fingerprint density at radius 3 is 2.12 bits per heavy atom. The third-order valence-corrected chi connectivity index (χ3v) is 4.16. The number of nitrogens with one attached hydrogen (secondary N) is 1. The van der Waals surface area contributed by atoms with E-state index in [-0.39, 0.29) is 17.0 Å². The van der Waals surface area contributed by atoms with Crippen LogP contribution in [0.15, 0.2) is 48.5 Å². The maximum atomic E-state index is 8.58. The zero-order valence-electron chi connectivity index (χ0n) is 15.4. The molecule has 26 heavy (non-hydrogen) atoms. The molecule has 5 nitrogen and oxygen atoms in total. The maximum Gasteiger partial charge on any atom is 0.203 e. The monoisotopic (exact) mass is 419 g/mol. The fourth-order valence-corrected chi connectivity index (χ4v) is 3.06. The Labute approximate surface area is 164 Å². The highest BCUT2D eigenvalue weighted by Crippen LogP contribution is 2.25. The van der Waals surface area contributed by atoms with Crippen LogP contribution in [-0.4, -0.2) is 22.9 Å². The van der Waals surface area contributed by atoms with Crippen molar-refractivity contribution in [3.05, 3.63) is 54.1 Å². The summed E-state index contributed by atoms with van der Waals surface area (Å²) in [5.74, 6) is 1.93. The molecule has 2 aromatic carbocycles. The van der Waals surface area contributed by atoms with E-state index in [1.807, 2.05) is 41.0 Å². The molecule has 6 heteroatoms. The molecule has 0 bridgehead atoms. The summed E-state index contributed by atoms with van der Waals surface area (Å²) in [6.45, 7) is 6.27. The van der Waals surface area contributed by atoms with Crippen molar-refractivity contribution in [3.63, 3.8) is 0 Å². The minimum absolute atomic E-state index is 0. The van der Waals surface area contributed by atoms with Gasteiger partial charge in [-0.25, -0.2) is 0 Å². The van der Waals surface area contributed by atoms with Crippen molar-refractivity contribution < 1.29 is 9.47 Å². The summed E-state index contributed by atoms with van der Waals surface area (Å²) < 4.78 is 15.3. The lowest BCUT2D eigenvalue weighted by Crippen LogP contribution is -2.27. The number of benzene rings is 2. The Kier molecular flexibility index (Phi) is 6.91. The molecule has 3 rings (SSSR count). The lowest BCUT2D eigenvalue weighted by atomic mass is 10.2. The molecule has 0 aliphatic rings. The smallest absolute Gasteiger partial charge is 0.203 e. The zero-order chi connectivity index (χ0) is 17.8. The van der Waals surface area contributed by atoms with E-state index in [1.165, 1.54) is 0 Å². The summed E-state index contributed by atoms with van der Waals surface area (Å²) in [5.41, 5.74) is 2.67. The largest absolute Gasteiger partial charge is 0.493 e. The predicted molar refractivity (Wildman–Crippen MR) is 109 cm³/mol. The molecule has 0 amide bonds. The fraction of sp³-hybridized carbons (Fsp3) is 0.350. The molecule has 0 fully saturated rings. The molecular weight excluding hydrogens is 394 g/mol. The van der Waals surface area contributed by atoms with E-state index in [1.54, 1.807) is 7.11 Å². The van der Waals surface area contributed by atoms with E-state index in [4.69, 9.17) is 14.9 Å². The van der Waals surface area contributed by atoms with Gasteiger partial charge in [0.25, 0.3) is 0 Å². The van der Waals surface area contributed by atoms with Crippen LogP contribution in [0.4, 0.5) is 0 Å². The predicted octanol–water partition coefficient (Wildman–Crippen LogP) is 4.24. The minimum Gasteiger partial charge on any atom is -0.493 e. The van der Waals surface area contributed by atoms with Gasteiger partial charge >= 0.3 is 0 Å². The number of aromatic nitrogens is 2. The zero-order valence-corrected chi connectivity index (χ0v) is 17.1. The van der Waals surface area contributed by atoms with Crippen molar-refractivity contribution in [2.45, 2.75) is 26.9 Å². The van der Waals surface area contributed by atoms with E-state index < -0.39 is 0 Å². The second-order valence-electron chi connectivity index (χ2n) is 6.47. The highest BCUT2D eigenvalue weighted by molar-refractivity contribution is 8.93. The third-order valence-electron chi connectivity index (χ3n) is 4.16. The Hall–Kier alpha value is -2.21. The minimum atomic E-state index is 0. The normalized spacial score (nSPS) is 10.8. The number of hydrogen-bond donors (Lipinski definition) is 1. The first kappa shape index (κ1) is 20.1. The molecule has 0 spiro atoms. The lowest BCUT2D eigenvalue weighted by molar-refractivity contribution is 0.278. The third kappa shape index (κ3) is 4.12. The molecule has 0 saturated heterocycles. The number of hydrogen-bond acceptors (Lipinski definition) is 3. The second-order valence-corrected chi connectivity index (χ2v) is 6.47. The van der Waals surface area contributed by atoms with Crippen molar-refractivity contribution in [3.8, 4) is 11.5 Å².